The summed E-state index contributed by atoms with van der Waals surface area (Å²) in [7, 11) is 1.56. The van der Waals surface area contributed by atoms with E-state index in [0.717, 1.165) is 0 Å². The van der Waals surface area contributed by atoms with Crippen LogP contribution in [0, 0.1) is 0 Å². The van der Waals surface area contributed by atoms with Crippen LogP contribution in [0.3, 0.4) is 0 Å². The molecule has 12 heavy (non-hydrogen) atoms. The lowest BCUT2D eigenvalue weighted by molar-refractivity contribution is 0.586. The van der Waals surface area contributed by atoms with Gasteiger partial charge in [-0.2, -0.15) is 0 Å². The molecule has 0 fully saturated rings. The monoisotopic (exact) mass is 205 g/mol. The van der Waals surface area contributed by atoms with Gasteiger partial charge in [0.05, 0.1) is 0 Å². The van der Waals surface area contributed by atoms with Crippen LogP contribution >= 0.6 is 22.5 Å². The Morgan fingerprint density at radius 3 is 1.83 bits per heavy atom. The summed E-state index contributed by atoms with van der Waals surface area (Å²) in [5.74, 6) is 1.17. The maximum absolute atomic E-state index is 4.80. The van der Waals surface area contributed by atoms with Crippen LogP contribution in [0.5, 0.6) is 0 Å². The van der Waals surface area contributed by atoms with Gasteiger partial charge in [-0.05, 0) is 18.1 Å². The Hall–Kier alpha value is 0.700. The Kier molecular flexibility index (Phi) is 12.4. The first-order valence-corrected chi connectivity index (χ1v) is 7.07. The first-order valence-electron chi connectivity index (χ1n) is 5.16. The van der Waals surface area contributed by atoms with Crippen molar-refractivity contribution in [2.45, 2.75) is 58.3 Å². The Morgan fingerprint density at radius 2 is 1.33 bits per heavy atom. The van der Waals surface area contributed by atoms with Crippen molar-refractivity contribution < 1.29 is 0 Å². The summed E-state index contributed by atoms with van der Waals surface area (Å²) in [6.45, 7) is 2.26. The standard InChI is InChI=1S/C10H21S2/c1-2-3-4-5-6-7-8-9-10-12-11/h2-10H2,1H3. The van der Waals surface area contributed by atoms with Crippen LogP contribution in [0.25, 0.3) is 0 Å². The first-order chi connectivity index (χ1) is 5.91. The summed E-state index contributed by atoms with van der Waals surface area (Å²) in [6.07, 6.45) is 11.2. The number of rotatable bonds is 9. The highest BCUT2D eigenvalue weighted by Gasteiger charge is 1.90. The summed E-state index contributed by atoms with van der Waals surface area (Å²) >= 11 is 4.80. The van der Waals surface area contributed by atoms with Crippen molar-refractivity contribution in [3.63, 3.8) is 0 Å². The van der Waals surface area contributed by atoms with Crippen molar-refractivity contribution in [2.75, 3.05) is 5.75 Å². The van der Waals surface area contributed by atoms with Gasteiger partial charge in [0, 0.05) is 5.75 Å². The van der Waals surface area contributed by atoms with Gasteiger partial charge in [-0.3, -0.25) is 0 Å². The van der Waals surface area contributed by atoms with E-state index >= 15 is 0 Å². The Labute approximate surface area is 86.7 Å². The third-order valence-electron chi connectivity index (χ3n) is 2.08. The van der Waals surface area contributed by atoms with Crippen LogP contribution in [0.1, 0.15) is 58.3 Å². The normalized spacial score (nSPS) is 10.5. The topological polar surface area (TPSA) is 0 Å². The minimum Gasteiger partial charge on any atom is -0.0817 e. The fraction of sp³-hybridized carbons (Fsp3) is 1.00. The van der Waals surface area contributed by atoms with Crippen molar-refractivity contribution >= 4 is 22.5 Å². The average molecular weight is 205 g/mol. The molecule has 0 aliphatic carbocycles. The molecule has 0 heterocycles. The van der Waals surface area contributed by atoms with Gasteiger partial charge < -0.3 is 0 Å². The molecule has 0 unspecified atom stereocenters. The van der Waals surface area contributed by atoms with Crippen LogP contribution in [0.2, 0.25) is 0 Å². The Morgan fingerprint density at radius 1 is 0.833 bits per heavy atom. The van der Waals surface area contributed by atoms with Gasteiger partial charge in [0.25, 0.3) is 0 Å². The molecule has 0 saturated carbocycles. The molecule has 0 bridgehead atoms. The zero-order valence-electron chi connectivity index (χ0n) is 8.18. The van der Waals surface area contributed by atoms with Crippen molar-refractivity contribution in [1.29, 1.82) is 0 Å². The highest BCUT2D eigenvalue weighted by Crippen LogP contribution is 2.12. The molecule has 0 aliphatic rings. The first kappa shape index (κ1) is 12.7. The van der Waals surface area contributed by atoms with Gasteiger partial charge in [-0.15, -0.1) is 0 Å². The second-order valence-corrected chi connectivity index (χ2v) is 4.65. The van der Waals surface area contributed by atoms with E-state index in [4.69, 9.17) is 11.7 Å². The van der Waals surface area contributed by atoms with Gasteiger partial charge in [-0.1, -0.05) is 62.7 Å². The molecule has 0 aromatic heterocycles. The third kappa shape index (κ3) is 10.7. The van der Waals surface area contributed by atoms with Gasteiger partial charge in [0.2, 0.25) is 0 Å². The molecular weight excluding hydrogens is 184 g/mol. The third-order valence-corrected chi connectivity index (χ3v) is 3.04. The van der Waals surface area contributed by atoms with E-state index in [2.05, 4.69) is 6.92 Å². The summed E-state index contributed by atoms with van der Waals surface area (Å²) in [5.41, 5.74) is 0. The number of hydrogen-bond acceptors (Lipinski definition) is 1. The summed E-state index contributed by atoms with van der Waals surface area (Å²) in [6, 6.07) is 0. The molecule has 0 rings (SSSR count). The molecule has 1 radical (unpaired) electrons. The fourth-order valence-corrected chi connectivity index (χ4v) is 1.97. The van der Waals surface area contributed by atoms with Crippen LogP contribution in [0.15, 0.2) is 0 Å². The summed E-state index contributed by atoms with van der Waals surface area (Å²) in [4.78, 5) is 0. The zero-order chi connectivity index (χ0) is 9.07. The SMILES string of the molecule is CCCCCCCCCCS[S]. The van der Waals surface area contributed by atoms with Gasteiger partial charge >= 0.3 is 0 Å². The highest BCUT2D eigenvalue weighted by atomic mass is 33.1. The lowest BCUT2D eigenvalue weighted by Gasteiger charge is -1.99. The number of unbranched alkanes of at least 4 members (excludes halogenated alkanes) is 7. The molecule has 0 aromatic rings. The molecular formula is C10H21S2. The minimum atomic E-state index is 1.17. The van der Waals surface area contributed by atoms with Gasteiger partial charge in [-0.25, -0.2) is 0 Å². The second-order valence-electron chi connectivity index (χ2n) is 3.30. The summed E-state index contributed by atoms with van der Waals surface area (Å²) in [5, 5.41) is 0. The predicted molar refractivity (Wildman–Crippen MR) is 62.7 cm³/mol. The molecule has 0 N–H and O–H groups in total. The van der Waals surface area contributed by atoms with E-state index in [-0.39, 0.29) is 0 Å². The van der Waals surface area contributed by atoms with E-state index in [1.807, 2.05) is 0 Å². The largest absolute Gasteiger partial charge is 0.0817 e. The Bertz CT molecular complexity index is 64.2. The van der Waals surface area contributed by atoms with Crippen LogP contribution < -0.4 is 0 Å². The maximum Gasteiger partial charge on any atom is 0.00454 e. The quantitative estimate of drug-likeness (QED) is 0.378. The smallest absolute Gasteiger partial charge is 0.00454 e. The van der Waals surface area contributed by atoms with Crippen molar-refractivity contribution in [3.8, 4) is 0 Å². The predicted octanol–water partition coefficient (Wildman–Crippen LogP) is 4.97. The molecule has 0 spiro atoms. The van der Waals surface area contributed by atoms with Crippen molar-refractivity contribution in [2.24, 2.45) is 0 Å². The maximum atomic E-state index is 4.80. The fourth-order valence-electron chi connectivity index (χ4n) is 1.29. The highest BCUT2D eigenvalue weighted by molar-refractivity contribution is 8.68. The van der Waals surface area contributed by atoms with E-state index in [0.29, 0.717) is 0 Å². The minimum absolute atomic E-state index is 1.17. The molecule has 0 aromatic carbocycles. The lowest BCUT2D eigenvalue weighted by atomic mass is 10.1. The zero-order valence-corrected chi connectivity index (χ0v) is 9.81. The molecule has 0 amide bonds. The average Bonchev–Trinajstić information content (AvgIpc) is 2.10. The Balaban J connectivity index is 2.73. The van der Waals surface area contributed by atoms with E-state index in [1.165, 1.54) is 57.1 Å². The molecule has 73 valence electrons. The second kappa shape index (κ2) is 11.7. The molecule has 2 heteroatoms. The lowest BCUT2D eigenvalue weighted by Crippen LogP contribution is -1.81. The molecule has 0 nitrogen and oxygen atoms in total. The van der Waals surface area contributed by atoms with Crippen molar-refractivity contribution in [1.82, 2.24) is 0 Å². The van der Waals surface area contributed by atoms with Crippen LogP contribution in [0.4, 0.5) is 0 Å². The molecule has 0 atom stereocenters. The van der Waals surface area contributed by atoms with Crippen LogP contribution in [-0.2, 0) is 0 Å². The van der Waals surface area contributed by atoms with Gasteiger partial charge in [0.1, 0.15) is 0 Å². The van der Waals surface area contributed by atoms with E-state index in [1.54, 1.807) is 10.8 Å². The van der Waals surface area contributed by atoms with Crippen molar-refractivity contribution in [3.05, 3.63) is 0 Å². The van der Waals surface area contributed by atoms with E-state index in [9.17, 15) is 0 Å². The molecule has 0 saturated heterocycles. The number of hydrogen-bond donors (Lipinski definition) is 0. The van der Waals surface area contributed by atoms with E-state index < -0.39 is 0 Å². The summed E-state index contributed by atoms with van der Waals surface area (Å²) < 4.78 is 0. The van der Waals surface area contributed by atoms with Crippen LogP contribution in [-0.4, -0.2) is 5.75 Å². The molecule has 0 aliphatic heterocycles. The van der Waals surface area contributed by atoms with Gasteiger partial charge in [0.15, 0.2) is 0 Å².